The summed E-state index contributed by atoms with van der Waals surface area (Å²) in [5.74, 6) is 0.0325. The van der Waals surface area contributed by atoms with E-state index in [-0.39, 0.29) is 11.9 Å². The zero-order valence-electron chi connectivity index (χ0n) is 10.3. The number of nitrogens with zero attached hydrogens (tertiary/aromatic N) is 1. The Bertz CT molecular complexity index is 232. The number of hydrogen-bond acceptors (Lipinski definition) is 4. The molecule has 0 radical (unpaired) electrons. The summed E-state index contributed by atoms with van der Waals surface area (Å²) in [6.45, 7) is 5.83. The lowest BCUT2D eigenvalue weighted by Gasteiger charge is -2.28. The van der Waals surface area contributed by atoms with E-state index in [1.165, 1.54) is 0 Å². The molecule has 5 heteroatoms. The number of morpholine rings is 1. The van der Waals surface area contributed by atoms with E-state index in [9.17, 15) is 9.90 Å². The van der Waals surface area contributed by atoms with Crippen LogP contribution in [0.15, 0.2) is 0 Å². The summed E-state index contributed by atoms with van der Waals surface area (Å²) in [6.07, 6.45) is 0.423. The molecule has 1 saturated heterocycles. The van der Waals surface area contributed by atoms with Crippen LogP contribution in [-0.2, 0) is 9.53 Å². The van der Waals surface area contributed by atoms with Gasteiger partial charge in [0.05, 0.1) is 18.8 Å². The topological polar surface area (TPSA) is 61.8 Å². The molecule has 0 saturated carbocycles. The Morgan fingerprint density at radius 3 is 2.81 bits per heavy atom. The van der Waals surface area contributed by atoms with Gasteiger partial charge in [-0.05, 0) is 13.8 Å². The van der Waals surface area contributed by atoms with Crippen molar-refractivity contribution in [3.8, 4) is 0 Å². The van der Waals surface area contributed by atoms with Gasteiger partial charge in [-0.3, -0.25) is 4.79 Å². The monoisotopic (exact) mass is 230 g/mol. The molecule has 1 unspecified atom stereocenters. The Morgan fingerprint density at radius 1 is 1.62 bits per heavy atom. The van der Waals surface area contributed by atoms with Gasteiger partial charge in [-0.1, -0.05) is 0 Å². The minimum Gasteiger partial charge on any atom is -0.389 e. The summed E-state index contributed by atoms with van der Waals surface area (Å²) in [7, 11) is 1.71. The van der Waals surface area contributed by atoms with Gasteiger partial charge >= 0.3 is 0 Å². The van der Waals surface area contributed by atoms with E-state index in [1.807, 2.05) is 0 Å². The first-order chi connectivity index (χ1) is 7.38. The van der Waals surface area contributed by atoms with E-state index in [2.05, 4.69) is 5.32 Å². The predicted molar refractivity (Wildman–Crippen MR) is 61.2 cm³/mol. The molecular formula is C11H22N2O3. The summed E-state index contributed by atoms with van der Waals surface area (Å²) >= 11 is 0. The predicted octanol–water partition coefficient (Wildman–Crippen LogP) is -0.406. The van der Waals surface area contributed by atoms with Crippen LogP contribution >= 0.6 is 0 Å². The van der Waals surface area contributed by atoms with Crippen LogP contribution in [0, 0.1) is 0 Å². The van der Waals surface area contributed by atoms with Crippen LogP contribution < -0.4 is 5.32 Å². The molecule has 1 aliphatic rings. The largest absolute Gasteiger partial charge is 0.389 e. The zero-order chi connectivity index (χ0) is 12.2. The molecule has 0 bridgehead atoms. The molecule has 1 aliphatic heterocycles. The molecule has 0 aromatic carbocycles. The third-order valence-corrected chi connectivity index (χ3v) is 2.47. The highest BCUT2D eigenvalue weighted by atomic mass is 16.5. The van der Waals surface area contributed by atoms with Gasteiger partial charge in [0.1, 0.15) is 0 Å². The number of carbonyl (C=O) groups excluding carboxylic acids is 1. The Balaban J connectivity index is 2.33. The molecule has 1 rings (SSSR count). The second kappa shape index (κ2) is 5.61. The van der Waals surface area contributed by atoms with Crippen molar-refractivity contribution in [2.24, 2.45) is 0 Å². The third kappa shape index (κ3) is 4.92. The van der Waals surface area contributed by atoms with Crippen molar-refractivity contribution in [3.63, 3.8) is 0 Å². The summed E-state index contributed by atoms with van der Waals surface area (Å²) in [4.78, 5) is 13.4. The Kier molecular flexibility index (Phi) is 4.70. The molecule has 94 valence electrons. The van der Waals surface area contributed by atoms with Crippen molar-refractivity contribution in [2.75, 3.05) is 33.4 Å². The molecule has 1 atom stereocenters. The second-order valence-electron chi connectivity index (χ2n) is 4.99. The highest BCUT2D eigenvalue weighted by molar-refractivity contribution is 5.76. The van der Waals surface area contributed by atoms with Crippen LogP contribution in [-0.4, -0.2) is 60.9 Å². The molecule has 1 fully saturated rings. The van der Waals surface area contributed by atoms with Gasteiger partial charge in [0, 0.05) is 32.6 Å². The molecule has 0 spiro atoms. The lowest BCUT2D eigenvalue weighted by Crippen LogP contribution is -2.46. The maximum absolute atomic E-state index is 11.8. The standard InChI is InChI=1S/C11H22N2O3/c1-11(2,15)8-13(3)10(14)6-9-7-16-5-4-12-9/h9,12,15H,4-8H2,1-3H3. The number of aliphatic hydroxyl groups is 1. The minimum atomic E-state index is -0.846. The number of rotatable bonds is 4. The number of carbonyl (C=O) groups is 1. The number of likely N-dealkylation sites (N-methyl/N-ethyl adjacent to an activating group) is 1. The molecule has 5 nitrogen and oxygen atoms in total. The smallest absolute Gasteiger partial charge is 0.224 e. The van der Waals surface area contributed by atoms with Crippen LogP contribution in [0.1, 0.15) is 20.3 Å². The van der Waals surface area contributed by atoms with Gasteiger partial charge in [-0.2, -0.15) is 0 Å². The van der Waals surface area contributed by atoms with Crippen molar-refractivity contribution in [1.29, 1.82) is 0 Å². The van der Waals surface area contributed by atoms with Crippen molar-refractivity contribution in [2.45, 2.75) is 31.9 Å². The van der Waals surface area contributed by atoms with Crippen molar-refractivity contribution in [1.82, 2.24) is 10.2 Å². The average Bonchev–Trinajstić information content (AvgIpc) is 2.16. The van der Waals surface area contributed by atoms with Gasteiger partial charge in [-0.25, -0.2) is 0 Å². The Morgan fingerprint density at radius 2 is 2.31 bits per heavy atom. The second-order valence-corrected chi connectivity index (χ2v) is 4.99. The fraction of sp³-hybridized carbons (Fsp3) is 0.909. The summed E-state index contributed by atoms with van der Waals surface area (Å²) in [5.41, 5.74) is -0.846. The van der Waals surface area contributed by atoms with Crippen LogP contribution in [0.5, 0.6) is 0 Å². The first-order valence-electron chi connectivity index (χ1n) is 5.66. The maximum atomic E-state index is 11.8. The molecular weight excluding hydrogens is 208 g/mol. The summed E-state index contributed by atoms with van der Waals surface area (Å²) in [6, 6.07) is 0.102. The summed E-state index contributed by atoms with van der Waals surface area (Å²) in [5, 5.41) is 12.8. The minimum absolute atomic E-state index is 0.0325. The van der Waals surface area contributed by atoms with E-state index in [4.69, 9.17) is 4.74 Å². The van der Waals surface area contributed by atoms with E-state index in [1.54, 1.807) is 25.8 Å². The first-order valence-corrected chi connectivity index (χ1v) is 5.66. The van der Waals surface area contributed by atoms with E-state index >= 15 is 0 Å². The third-order valence-electron chi connectivity index (χ3n) is 2.47. The fourth-order valence-electron chi connectivity index (χ4n) is 1.79. The summed E-state index contributed by atoms with van der Waals surface area (Å²) < 4.78 is 5.28. The highest BCUT2D eigenvalue weighted by Gasteiger charge is 2.22. The number of hydrogen-bond donors (Lipinski definition) is 2. The van der Waals surface area contributed by atoms with Crippen molar-refractivity contribution in [3.05, 3.63) is 0 Å². The molecule has 1 amide bonds. The highest BCUT2D eigenvalue weighted by Crippen LogP contribution is 2.06. The fourth-order valence-corrected chi connectivity index (χ4v) is 1.79. The Hall–Kier alpha value is -0.650. The average molecular weight is 230 g/mol. The normalized spacial score (nSPS) is 21.9. The number of nitrogens with one attached hydrogen (secondary N) is 1. The number of ether oxygens (including phenoxy) is 1. The van der Waals surface area contributed by atoms with Gasteiger partial charge in [-0.15, -0.1) is 0 Å². The van der Waals surface area contributed by atoms with Gasteiger partial charge in [0.15, 0.2) is 0 Å². The van der Waals surface area contributed by atoms with Gasteiger partial charge in [0.25, 0.3) is 0 Å². The lowest BCUT2D eigenvalue weighted by molar-refractivity contribution is -0.133. The quantitative estimate of drug-likeness (QED) is 0.689. The van der Waals surface area contributed by atoms with Crippen LogP contribution in [0.3, 0.4) is 0 Å². The molecule has 0 aromatic heterocycles. The molecule has 2 N–H and O–H groups in total. The maximum Gasteiger partial charge on any atom is 0.224 e. The van der Waals surface area contributed by atoms with E-state index < -0.39 is 5.60 Å². The number of amides is 1. The molecule has 16 heavy (non-hydrogen) atoms. The van der Waals surface area contributed by atoms with Crippen molar-refractivity contribution < 1.29 is 14.6 Å². The van der Waals surface area contributed by atoms with Crippen molar-refractivity contribution >= 4 is 5.91 Å². The molecule has 1 heterocycles. The van der Waals surface area contributed by atoms with E-state index in [0.717, 1.165) is 6.54 Å². The van der Waals surface area contributed by atoms with E-state index in [0.29, 0.717) is 26.2 Å². The van der Waals surface area contributed by atoms with Crippen LogP contribution in [0.4, 0.5) is 0 Å². The lowest BCUT2D eigenvalue weighted by atomic mass is 10.1. The first kappa shape index (κ1) is 13.4. The Labute approximate surface area is 96.8 Å². The SMILES string of the molecule is CN(CC(C)(C)O)C(=O)CC1COCCN1. The van der Waals surface area contributed by atoms with Gasteiger partial charge in [0.2, 0.25) is 5.91 Å². The van der Waals surface area contributed by atoms with Crippen LogP contribution in [0.2, 0.25) is 0 Å². The molecule has 0 aromatic rings. The zero-order valence-corrected chi connectivity index (χ0v) is 10.3. The van der Waals surface area contributed by atoms with Gasteiger partial charge < -0.3 is 20.1 Å². The van der Waals surface area contributed by atoms with Crippen LogP contribution in [0.25, 0.3) is 0 Å². The molecule has 0 aliphatic carbocycles.